The number of carbonyl (C=O) groups is 1. The van der Waals surface area contributed by atoms with Crippen LogP contribution in [0, 0.1) is 0 Å². The van der Waals surface area contributed by atoms with Crippen molar-refractivity contribution in [1.82, 2.24) is 4.90 Å². The van der Waals surface area contributed by atoms with Crippen molar-refractivity contribution in [3.8, 4) is 11.5 Å². The lowest BCUT2D eigenvalue weighted by atomic mass is 10.2. The van der Waals surface area contributed by atoms with Crippen LogP contribution in [0.15, 0.2) is 16.6 Å². The Hall–Kier alpha value is -1.27. The number of hydrogen-bond acceptors (Lipinski definition) is 4. The van der Waals surface area contributed by atoms with E-state index in [0.717, 1.165) is 10.0 Å². The average molecular weight is 332 g/mol. The zero-order valence-electron chi connectivity index (χ0n) is 11.3. The summed E-state index contributed by atoms with van der Waals surface area (Å²) in [7, 11) is 3.15. The van der Waals surface area contributed by atoms with Gasteiger partial charge < -0.3 is 14.6 Å². The second kappa shape index (κ2) is 7.35. The minimum Gasteiger partial charge on any atom is -0.493 e. The molecule has 1 N–H and O–H groups in total. The molecule has 6 heteroatoms. The van der Waals surface area contributed by atoms with Crippen molar-refractivity contribution in [3.05, 3.63) is 22.2 Å². The van der Waals surface area contributed by atoms with Crippen molar-refractivity contribution in [2.24, 2.45) is 0 Å². The molecule has 0 amide bonds. The maximum absolute atomic E-state index is 10.8. The third kappa shape index (κ3) is 4.40. The van der Waals surface area contributed by atoms with Gasteiger partial charge >= 0.3 is 5.97 Å². The predicted octanol–water partition coefficient (Wildman–Crippen LogP) is 2.37. The van der Waals surface area contributed by atoms with Gasteiger partial charge in [0.25, 0.3) is 0 Å². The Morgan fingerprint density at radius 2 is 1.89 bits per heavy atom. The molecule has 106 valence electrons. The summed E-state index contributed by atoms with van der Waals surface area (Å²) in [5, 5.41) is 8.85. The fourth-order valence-corrected chi connectivity index (χ4v) is 2.18. The van der Waals surface area contributed by atoms with Crippen molar-refractivity contribution < 1.29 is 19.4 Å². The third-order valence-electron chi connectivity index (χ3n) is 2.75. The predicted molar refractivity (Wildman–Crippen MR) is 75.8 cm³/mol. The van der Waals surface area contributed by atoms with Gasteiger partial charge in [0.1, 0.15) is 0 Å². The lowest BCUT2D eigenvalue weighted by Gasteiger charge is -2.20. The molecular weight excluding hydrogens is 314 g/mol. The molecule has 0 aliphatic carbocycles. The van der Waals surface area contributed by atoms with Gasteiger partial charge in [-0.1, -0.05) is 22.9 Å². The normalized spacial score (nSPS) is 10.6. The van der Waals surface area contributed by atoms with Crippen LogP contribution in [-0.2, 0) is 11.3 Å². The van der Waals surface area contributed by atoms with Crippen LogP contribution in [0.2, 0.25) is 0 Å². The maximum Gasteiger partial charge on any atom is 0.317 e. The van der Waals surface area contributed by atoms with Crippen molar-refractivity contribution in [2.75, 3.05) is 27.3 Å². The molecule has 0 atom stereocenters. The fraction of sp³-hybridized carbons (Fsp3) is 0.462. The number of methoxy groups -OCH3 is 2. The SMILES string of the molecule is CCN(CC(=O)O)Cc1cc(OC)c(OC)cc1Br. The van der Waals surface area contributed by atoms with E-state index in [2.05, 4.69) is 15.9 Å². The van der Waals surface area contributed by atoms with E-state index in [1.54, 1.807) is 14.2 Å². The Kier molecular flexibility index (Phi) is 6.11. The highest BCUT2D eigenvalue weighted by Gasteiger charge is 2.14. The lowest BCUT2D eigenvalue weighted by molar-refractivity contribution is -0.138. The van der Waals surface area contributed by atoms with Crippen LogP contribution in [0.4, 0.5) is 0 Å². The molecule has 1 aromatic rings. The third-order valence-corrected chi connectivity index (χ3v) is 3.49. The molecule has 0 saturated carbocycles. The van der Waals surface area contributed by atoms with E-state index in [0.29, 0.717) is 24.6 Å². The molecule has 0 spiro atoms. The molecule has 1 aromatic carbocycles. The molecule has 0 fully saturated rings. The van der Waals surface area contributed by atoms with Gasteiger partial charge in [-0.15, -0.1) is 0 Å². The largest absolute Gasteiger partial charge is 0.493 e. The highest BCUT2D eigenvalue weighted by molar-refractivity contribution is 9.10. The molecule has 0 aliphatic heterocycles. The molecule has 0 saturated heterocycles. The van der Waals surface area contributed by atoms with Crippen molar-refractivity contribution in [2.45, 2.75) is 13.5 Å². The Balaban J connectivity index is 2.96. The van der Waals surface area contributed by atoms with Gasteiger partial charge in [-0.3, -0.25) is 9.69 Å². The molecule has 0 heterocycles. The molecule has 0 radical (unpaired) electrons. The molecule has 0 bridgehead atoms. The van der Waals surface area contributed by atoms with Gasteiger partial charge in [0, 0.05) is 11.0 Å². The average Bonchev–Trinajstić information content (AvgIpc) is 2.38. The first-order chi connectivity index (χ1) is 9.01. The minimum absolute atomic E-state index is 0.0112. The summed E-state index contributed by atoms with van der Waals surface area (Å²) in [4.78, 5) is 12.6. The van der Waals surface area contributed by atoms with Crippen molar-refractivity contribution in [1.29, 1.82) is 0 Å². The molecule has 19 heavy (non-hydrogen) atoms. The number of rotatable bonds is 7. The Morgan fingerprint density at radius 1 is 1.32 bits per heavy atom. The van der Waals surface area contributed by atoms with E-state index >= 15 is 0 Å². The minimum atomic E-state index is -0.835. The first kappa shape index (κ1) is 15.8. The van der Waals surface area contributed by atoms with Crippen LogP contribution in [0.5, 0.6) is 11.5 Å². The molecule has 0 unspecified atom stereocenters. The van der Waals surface area contributed by atoms with Crippen LogP contribution in [0.25, 0.3) is 0 Å². The number of halogens is 1. The number of nitrogens with zero attached hydrogens (tertiary/aromatic N) is 1. The quantitative estimate of drug-likeness (QED) is 0.831. The van der Waals surface area contributed by atoms with Gasteiger partial charge in [0.2, 0.25) is 0 Å². The Morgan fingerprint density at radius 3 is 2.37 bits per heavy atom. The van der Waals surface area contributed by atoms with Gasteiger partial charge in [0.05, 0.1) is 20.8 Å². The summed E-state index contributed by atoms with van der Waals surface area (Å²) in [6, 6.07) is 3.68. The fourth-order valence-electron chi connectivity index (χ4n) is 1.73. The second-order valence-electron chi connectivity index (χ2n) is 4.00. The van der Waals surface area contributed by atoms with Crippen LogP contribution in [-0.4, -0.2) is 43.3 Å². The number of ether oxygens (including phenoxy) is 2. The standard InChI is InChI=1S/C13H18BrNO4/c1-4-15(8-13(16)17)7-9-5-11(18-2)12(19-3)6-10(9)14/h5-6H,4,7-8H2,1-3H3,(H,16,17). The number of carboxylic acid groups (broad SMARTS) is 1. The van der Waals surface area contributed by atoms with Crippen LogP contribution >= 0.6 is 15.9 Å². The summed E-state index contributed by atoms with van der Waals surface area (Å²) in [5.41, 5.74) is 0.959. The van der Waals surface area contributed by atoms with Gasteiger partial charge in [0.15, 0.2) is 11.5 Å². The van der Waals surface area contributed by atoms with Crippen molar-refractivity contribution in [3.63, 3.8) is 0 Å². The number of hydrogen-bond donors (Lipinski definition) is 1. The van der Waals surface area contributed by atoms with E-state index in [4.69, 9.17) is 14.6 Å². The van der Waals surface area contributed by atoms with Gasteiger partial charge in [-0.2, -0.15) is 0 Å². The van der Waals surface area contributed by atoms with Gasteiger partial charge in [-0.05, 0) is 24.2 Å². The second-order valence-corrected chi connectivity index (χ2v) is 4.85. The van der Waals surface area contributed by atoms with E-state index in [1.807, 2.05) is 24.0 Å². The van der Waals surface area contributed by atoms with E-state index in [9.17, 15) is 4.79 Å². The highest BCUT2D eigenvalue weighted by Crippen LogP contribution is 2.33. The van der Waals surface area contributed by atoms with Crippen LogP contribution in [0.3, 0.4) is 0 Å². The van der Waals surface area contributed by atoms with E-state index in [1.165, 1.54) is 0 Å². The molecule has 5 nitrogen and oxygen atoms in total. The zero-order valence-corrected chi connectivity index (χ0v) is 12.9. The first-order valence-corrected chi connectivity index (χ1v) is 6.65. The summed E-state index contributed by atoms with van der Waals surface area (Å²) in [6.07, 6.45) is 0. The zero-order chi connectivity index (χ0) is 14.4. The topological polar surface area (TPSA) is 59.0 Å². The highest BCUT2D eigenvalue weighted by atomic mass is 79.9. The summed E-state index contributed by atoms with van der Waals surface area (Å²) >= 11 is 3.47. The number of aliphatic carboxylic acids is 1. The molecule has 0 aromatic heterocycles. The maximum atomic E-state index is 10.8. The van der Waals surface area contributed by atoms with E-state index in [-0.39, 0.29) is 6.54 Å². The summed E-state index contributed by atoms with van der Waals surface area (Å²) < 4.78 is 11.3. The summed E-state index contributed by atoms with van der Waals surface area (Å²) in [6.45, 7) is 3.13. The monoisotopic (exact) mass is 331 g/mol. The smallest absolute Gasteiger partial charge is 0.317 e. The van der Waals surface area contributed by atoms with Crippen LogP contribution < -0.4 is 9.47 Å². The summed E-state index contributed by atoms with van der Waals surface area (Å²) in [5.74, 6) is 0.435. The number of benzene rings is 1. The Labute approximate surface area is 121 Å². The number of likely N-dealkylation sites (N-methyl/N-ethyl adjacent to an activating group) is 1. The molecular formula is C13H18BrNO4. The first-order valence-electron chi connectivity index (χ1n) is 5.86. The van der Waals surface area contributed by atoms with E-state index < -0.39 is 5.97 Å². The number of carboxylic acids is 1. The van der Waals surface area contributed by atoms with Crippen molar-refractivity contribution >= 4 is 21.9 Å². The Bertz CT molecular complexity index is 451. The van der Waals surface area contributed by atoms with Crippen LogP contribution in [0.1, 0.15) is 12.5 Å². The molecule has 1 rings (SSSR count). The lowest BCUT2D eigenvalue weighted by Crippen LogP contribution is -2.29. The molecule has 0 aliphatic rings. The van der Waals surface area contributed by atoms with Gasteiger partial charge in [-0.25, -0.2) is 0 Å².